The van der Waals surface area contributed by atoms with Crippen LogP contribution in [0.1, 0.15) is 0 Å². The molecule has 0 saturated carbocycles. The largest absolute Gasteiger partial charge is 0.456 e. The van der Waals surface area contributed by atoms with E-state index in [1.807, 2.05) is 18.2 Å². The number of rotatable bonds is 5. The van der Waals surface area contributed by atoms with E-state index in [2.05, 4.69) is 175 Å². The van der Waals surface area contributed by atoms with Crippen LogP contribution in [0.5, 0.6) is 0 Å². The van der Waals surface area contributed by atoms with Gasteiger partial charge in [0.25, 0.3) is 0 Å². The van der Waals surface area contributed by atoms with Gasteiger partial charge in [0.2, 0.25) is 0 Å². The zero-order valence-corrected chi connectivity index (χ0v) is 28.7. The maximum atomic E-state index is 6.65. The van der Waals surface area contributed by atoms with Gasteiger partial charge >= 0.3 is 0 Å². The van der Waals surface area contributed by atoms with Crippen molar-refractivity contribution in [2.45, 2.75) is 0 Å². The fraction of sp³-hybridized carbons (Fsp3) is 0. The Bertz CT molecular complexity index is 3200. The lowest BCUT2D eigenvalue weighted by Crippen LogP contribution is -2.13. The summed E-state index contributed by atoms with van der Waals surface area (Å²) in [6.07, 6.45) is 0. The summed E-state index contributed by atoms with van der Waals surface area (Å²) in [5.74, 6) is 0. The number of nitrogens with zero attached hydrogens (tertiary/aromatic N) is 1. The van der Waals surface area contributed by atoms with Gasteiger partial charge in [-0.3, -0.25) is 0 Å². The molecular weight excluding hydrogens is 647 g/mol. The van der Waals surface area contributed by atoms with Crippen LogP contribution >= 0.6 is 0 Å². The second-order valence-electron chi connectivity index (χ2n) is 13.6. The topological polar surface area (TPSA) is 29.5 Å². The van der Waals surface area contributed by atoms with E-state index in [1.165, 1.54) is 27.1 Å². The van der Waals surface area contributed by atoms with E-state index in [4.69, 9.17) is 8.83 Å². The van der Waals surface area contributed by atoms with Crippen molar-refractivity contribution in [3.63, 3.8) is 0 Å². The monoisotopic (exact) mass is 677 g/mol. The first-order chi connectivity index (χ1) is 26.3. The Hall–Kier alpha value is -7.10. The van der Waals surface area contributed by atoms with Crippen molar-refractivity contribution in [1.82, 2.24) is 0 Å². The fourth-order valence-corrected chi connectivity index (χ4v) is 8.36. The van der Waals surface area contributed by atoms with Gasteiger partial charge in [0.05, 0.1) is 22.4 Å². The standard InChI is InChI=1S/C50H31NO2/c1-2-16-33-32(15-1)31-42(35-18-4-3-17-34(33)35)37-20-6-10-26-44(37)51(45-27-14-30-48-49(45)41-22-8-12-29-47(41)52-48)43-25-9-5-19-36(43)39-23-13-24-40-38-21-7-11-28-46(38)53-50(39)40/h1-31H. The summed E-state index contributed by atoms with van der Waals surface area (Å²) in [5.41, 5.74) is 11.0. The Kier molecular flexibility index (Phi) is 6.55. The quantitative estimate of drug-likeness (QED) is 0.170. The lowest BCUT2D eigenvalue weighted by Gasteiger charge is -2.30. The van der Waals surface area contributed by atoms with Gasteiger partial charge in [0.15, 0.2) is 0 Å². The summed E-state index contributed by atoms with van der Waals surface area (Å²) in [6, 6.07) is 66.8. The summed E-state index contributed by atoms with van der Waals surface area (Å²) in [6.45, 7) is 0. The van der Waals surface area contributed by atoms with Gasteiger partial charge in [-0.1, -0.05) is 146 Å². The van der Waals surface area contributed by atoms with E-state index in [-0.39, 0.29) is 0 Å². The highest BCUT2D eigenvalue weighted by Crippen LogP contribution is 2.50. The molecule has 0 bridgehead atoms. The van der Waals surface area contributed by atoms with Gasteiger partial charge < -0.3 is 13.7 Å². The normalized spacial score (nSPS) is 11.8. The molecule has 9 aromatic carbocycles. The molecule has 0 aliphatic heterocycles. The van der Waals surface area contributed by atoms with E-state index < -0.39 is 0 Å². The molecule has 0 fully saturated rings. The van der Waals surface area contributed by atoms with Crippen LogP contribution in [0.2, 0.25) is 0 Å². The molecule has 2 heterocycles. The zero-order chi connectivity index (χ0) is 34.9. The smallest absolute Gasteiger partial charge is 0.143 e. The molecule has 0 aliphatic rings. The second-order valence-corrected chi connectivity index (χ2v) is 13.6. The molecule has 3 nitrogen and oxygen atoms in total. The van der Waals surface area contributed by atoms with Gasteiger partial charge in [-0.15, -0.1) is 0 Å². The molecule has 0 atom stereocenters. The molecule has 0 unspecified atom stereocenters. The molecular formula is C50H31NO2. The molecule has 0 amide bonds. The van der Waals surface area contributed by atoms with E-state index in [9.17, 15) is 0 Å². The van der Waals surface area contributed by atoms with Crippen molar-refractivity contribution in [3.05, 3.63) is 188 Å². The molecule has 0 N–H and O–H groups in total. The third-order valence-electron chi connectivity index (χ3n) is 10.7. The number of benzene rings is 9. The number of para-hydroxylation sites is 5. The minimum atomic E-state index is 0.846. The minimum absolute atomic E-state index is 0.846. The Morgan fingerprint density at radius 2 is 0.811 bits per heavy atom. The van der Waals surface area contributed by atoms with E-state index in [0.29, 0.717) is 0 Å². The van der Waals surface area contributed by atoms with Crippen molar-refractivity contribution < 1.29 is 8.83 Å². The Balaban J connectivity index is 1.25. The number of hydrogen-bond donors (Lipinski definition) is 0. The predicted octanol–water partition coefficient (Wildman–Crippen LogP) is 14.6. The van der Waals surface area contributed by atoms with Crippen LogP contribution in [-0.2, 0) is 0 Å². The van der Waals surface area contributed by atoms with Crippen LogP contribution in [-0.4, -0.2) is 0 Å². The molecule has 0 spiro atoms. The molecule has 0 aliphatic carbocycles. The molecule has 11 aromatic rings. The Labute approximate surface area is 305 Å². The van der Waals surface area contributed by atoms with Gasteiger partial charge in [0, 0.05) is 32.8 Å². The van der Waals surface area contributed by atoms with Crippen molar-refractivity contribution in [1.29, 1.82) is 0 Å². The molecule has 3 heteroatoms. The van der Waals surface area contributed by atoms with Crippen LogP contribution < -0.4 is 4.90 Å². The lowest BCUT2D eigenvalue weighted by molar-refractivity contribution is 0.669. The summed E-state index contributed by atoms with van der Waals surface area (Å²) in [7, 11) is 0. The third kappa shape index (κ3) is 4.54. The molecule has 248 valence electrons. The number of furan rings is 2. The average Bonchev–Trinajstić information content (AvgIpc) is 3.80. The van der Waals surface area contributed by atoms with Crippen molar-refractivity contribution in [2.75, 3.05) is 4.90 Å². The Morgan fingerprint density at radius 3 is 1.60 bits per heavy atom. The maximum absolute atomic E-state index is 6.65. The average molecular weight is 678 g/mol. The van der Waals surface area contributed by atoms with Crippen molar-refractivity contribution in [2.24, 2.45) is 0 Å². The lowest BCUT2D eigenvalue weighted by atomic mass is 9.91. The first-order valence-corrected chi connectivity index (χ1v) is 18.0. The van der Waals surface area contributed by atoms with Crippen LogP contribution in [0.4, 0.5) is 17.1 Å². The first-order valence-electron chi connectivity index (χ1n) is 18.0. The van der Waals surface area contributed by atoms with Gasteiger partial charge in [-0.05, 0) is 69.6 Å². The highest BCUT2D eigenvalue weighted by Gasteiger charge is 2.26. The van der Waals surface area contributed by atoms with Crippen LogP contribution in [0.25, 0.3) is 87.7 Å². The van der Waals surface area contributed by atoms with E-state index in [1.54, 1.807) is 0 Å². The molecule has 0 saturated heterocycles. The fourth-order valence-electron chi connectivity index (χ4n) is 8.36. The number of hydrogen-bond acceptors (Lipinski definition) is 3. The SMILES string of the molecule is c1ccc(N(c2ccccc2-c2cccc3c2oc2ccccc23)c2cccc3oc4ccccc4c23)c(-c2cc3ccccc3c3ccccc23)c1. The zero-order valence-electron chi connectivity index (χ0n) is 28.7. The summed E-state index contributed by atoms with van der Waals surface area (Å²) >= 11 is 0. The predicted molar refractivity (Wildman–Crippen MR) is 222 cm³/mol. The number of fused-ring (bicyclic) bond motifs is 9. The number of anilines is 3. The first kappa shape index (κ1) is 29.6. The Morgan fingerprint density at radius 1 is 0.302 bits per heavy atom. The van der Waals surface area contributed by atoms with Crippen molar-refractivity contribution >= 4 is 82.5 Å². The van der Waals surface area contributed by atoms with Crippen LogP contribution in [0.3, 0.4) is 0 Å². The van der Waals surface area contributed by atoms with Crippen LogP contribution in [0, 0.1) is 0 Å². The molecule has 53 heavy (non-hydrogen) atoms. The van der Waals surface area contributed by atoms with Crippen LogP contribution in [0.15, 0.2) is 197 Å². The van der Waals surface area contributed by atoms with Gasteiger partial charge in [-0.25, -0.2) is 0 Å². The summed E-state index contributed by atoms with van der Waals surface area (Å²) in [5, 5.41) is 9.27. The second kappa shape index (κ2) is 11.7. The molecule has 11 rings (SSSR count). The van der Waals surface area contributed by atoms with Gasteiger partial charge in [0.1, 0.15) is 22.3 Å². The third-order valence-corrected chi connectivity index (χ3v) is 10.7. The van der Waals surface area contributed by atoms with E-state index >= 15 is 0 Å². The summed E-state index contributed by atoms with van der Waals surface area (Å²) in [4.78, 5) is 2.43. The van der Waals surface area contributed by atoms with Gasteiger partial charge in [-0.2, -0.15) is 0 Å². The molecule has 2 aromatic heterocycles. The maximum Gasteiger partial charge on any atom is 0.143 e. The van der Waals surface area contributed by atoms with E-state index in [0.717, 1.165) is 77.6 Å². The highest BCUT2D eigenvalue weighted by atomic mass is 16.3. The molecule has 0 radical (unpaired) electrons. The highest BCUT2D eigenvalue weighted by molar-refractivity contribution is 6.18. The minimum Gasteiger partial charge on any atom is -0.456 e. The van der Waals surface area contributed by atoms with Crippen molar-refractivity contribution in [3.8, 4) is 22.3 Å². The summed E-state index contributed by atoms with van der Waals surface area (Å²) < 4.78 is 13.1.